The van der Waals surface area contributed by atoms with Gasteiger partial charge in [-0.05, 0) is 12.1 Å². The molecule has 1 aromatic carbocycles. The van der Waals surface area contributed by atoms with Crippen molar-refractivity contribution in [1.82, 2.24) is 4.98 Å². The second-order valence-electron chi connectivity index (χ2n) is 2.94. The van der Waals surface area contributed by atoms with Crippen molar-refractivity contribution in [2.45, 2.75) is 0 Å². The molecule has 0 saturated carbocycles. The Morgan fingerprint density at radius 2 is 1.94 bits per heavy atom. The lowest BCUT2D eigenvalue weighted by Crippen LogP contribution is -1.96. The van der Waals surface area contributed by atoms with Crippen molar-refractivity contribution >= 4 is 5.97 Å². The standard InChI is InChI=1S/C10H5F2NO3/c11-5-2-1-3-6(12)8(5)9-13-7(4-16-9)10(14)15/h1-4H,(H,14,15). The molecule has 0 unspecified atom stereocenters. The van der Waals surface area contributed by atoms with Gasteiger partial charge in [-0.15, -0.1) is 0 Å². The SMILES string of the molecule is O=C(O)c1coc(-c2c(F)cccc2F)n1. The number of aromatic nitrogens is 1. The van der Waals surface area contributed by atoms with Crippen LogP contribution in [0.4, 0.5) is 8.78 Å². The van der Waals surface area contributed by atoms with E-state index in [0.717, 1.165) is 18.4 Å². The lowest BCUT2D eigenvalue weighted by molar-refractivity contribution is 0.0690. The van der Waals surface area contributed by atoms with E-state index in [1.807, 2.05) is 0 Å². The molecule has 0 atom stereocenters. The first kappa shape index (κ1) is 10.3. The number of rotatable bonds is 2. The molecule has 2 rings (SSSR count). The van der Waals surface area contributed by atoms with Crippen LogP contribution in [0.5, 0.6) is 0 Å². The van der Waals surface area contributed by atoms with Crippen molar-refractivity contribution in [2.24, 2.45) is 0 Å². The van der Waals surface area contributed by atoms with E-state index in [1.54, 1.807) is 0 Å². The fraction of sp³-hybridized carbons (Fsp3) is 0. The average molecular weight is 225 g/mol. The van der Waals surface area contributed by atoms with Crippen LogP contribution in [0.3, 0.4) is 0 Å². The van der Waals surface area contributed by atoms with Gasteiger partial charge >= 0.3 is 5.97 Å². The highest BCUT2D eigenvalue weighted by atomic mass is 19.1. The molecule has 82 valence electrons. The summed E-state index contributed by atoms with van der Waals surface area (Å²) in [6.45, 7) is 0. The van der Waals surface area contributed by atoms with Crippen LogP contribution in [0.1, 0.15) is 10.5 Å². The van der Waals surface area contributed by atoms with Crippen LogP contribution in [0.2, 0.25) is 0 Å². The van der Waals surface area contributed by atoms with Gasteiger partial charge in [-0.3, -0.25) is 0 Å². The molecule has 0 spiro atoms. The molecule has 0 aliphatic rings. The predicted octanol–water partition coefficient (Wildman–Crippen LogP) is 2.32. The minimum absolute atomic E-state index is 0.395. The Morgan fingerprint density at radius 1 is 1.31 bits per heavy atom. The smallest absolute Gasteiger partial charge is 0.357 e. The number of benzene rings is 1. The summed E-state index contributed by atoms with van der Waals surface area (Å²) >= 11 is 0. The monoisotopic (exact) mass is 225 g/mol. The molecule has 1 N–H and O–H groups in total. The Labute approximate surface area is 88.2 Å². The second kappa shape index (κ2) is 3.73. The molecular weight excluding hydrogens is 220 g/mol. The summed E-state index contributed by atoms with van der Waals surface area (Å²) in [5.74, 6) is -3.45. The molecule has 0 radical (unpaired) electrons. The Morgan fingerprint density at radius 3 is 2.44 bits per heavy atom. The zero-order chi connectivity index (χ0) is 11.7. The van der Waals surface area contributed by atoms with Crippen molar-refractivity contribution in [1.29, 1.82) is 0 Å². The highest BCUT2D eigenvalue weighted by Gasteiger charge is 2.18. The number of carbonyl (C=O) groups is 1. The molecule has 0 aliphatic carbocycles. The molecule has 0 saturated heterocycles. The number of carboxylic acids is 1. The molecule has 1 aromatic heterocycles. The minimum Gasteiger partial charge on any atom is -0.476 e. The van der Waals surface area contributed by atoms with Gasteiger partial charge in [-0.2, -0.15) is 0 Å². The maximum Gasteiger partial charge on any atom is 0.357 e. The normalized spacial score (nSPS) is 10.4. The molecule has 0 bridgehead atoms. The Balaban J connectivity index is 2.54. The fourth-order valence-corrected chi connectivity index (χ4v) is 1.19. The molecule has 0 fully saturated rings. The van der Waals surface area contributed by atoms with Crippen LogP contribution in [-0.2, 0) is 0 Å². The van der Waals surface area contributed by atoms with Gasteiger partial charge in [-0.25, -0.2) is 18.6 Å². The zero-order valence-corrected chi connectivity index (χ0v) is 7.78. The number of nitrogens with zero attached hydrogens (tertiary/aromatic N) is 1. The van der Waals surface area contributed by atoms with E-state index in [1.165, 1.54) is 6.07 Å². The summed E-state index contributed by atoms with van der Waals surface area (Å²) in [5.41, 5.74) is -0.882. The lowest BCUT2D eigenvalue weighted by Gasteiger charge is -1.98. The van der Waals surface area contributed by atoms with Crippen LogP contribution in [0.25, 0.3) is 11.5 Å². The van der Waals surface area contributed by atoms with Crippen molar-refractivity contribution in [3.63, 3.8) is 0 Å². The molecule has 6 heteroatoms. The van der Waals surface area contributed by atoms with Crippen LogP contribution < -0.4 is 0 Å². The molecule has 2 aromatic rings. The minimum atomic E-state index is -1.33. The van der Waals surface area contributed by atoms with Crippen LogP contribution in [0.15, 0.2) is 28.9 Å². The summed E-state index contributed by atoms with van der Waals surface area (Å²) in [4.78, 5) is 14.0. The highest BCUT2D eigenvalue weighted by molar-refractivity contribution is 5.85. The van der Waals surface area contributed by atoms with Gasteiger partial charge in [0.15, 0.2) is 5.69 Å². The maximum absolute atomic E-state index is 13.3. The number of carboxylic acid groups (broad SMARTS) is 1. The van der Waals surface area contributed by atoms with Gasteiger partial charge < -0.3 is 9.52 Å². The summed E-state index contributed by atoms with van der Waals surface area (Å²) in [6.07, 6.45) is 0.823. The van der Waals surface area contributed by atoms with E-state index < -0.39 is 34.8 Å². The summed E-state index contributed by atoms with van der Waals surface area (Å²) in [6, 6.07) is 3.25. The molecule has 0 aliphatic heterocycles. The van der Waals surface area contributed by atoms with E-state index in [4.69, 9.17) is 9.52 Å². The number of hydrogen-bond acceptors (Lipinski definition) is 3. The fourth-order valence-electron chi connectivity index (χ4n) is 1.19. The first-order chi connectivity index (χ1) is 7.59. The van der Waals surface area contributed by atoms with Crippen LogP contribution in [0, 0.1) is 11.6 Å². The molecule has 1 heterocycles. The second-order valence-corrected chi connectivity index (χ2v) is 2.94. The quantitative estimate of drug-likeness (QED) is 0.851. The van der Waals surface area contributed by atoms with Gasteiger partial charge in [0.1, 0.15) is 23.5 Å². The van der Waals surface area contributed by atoms with E-state index in [-0.39, 0.29) is 0 Å². The van der Waals surface area contributed by atoms with Crippen molar-refractivity contribution in [2.75, 3.05) is 0 Å². The van der Waals surface area contributed by atoms with E-state index in [2.05, 4.69) is 4.98 Å². The van der Waals surface area contributed by atoms with Crippen molar-refractivity contribution in [3.05, 3.63) is 41.8 Å². The van der Waals surface area contributed by atoms with Crippen LogP contribution >= 0.6 is 0 Å². The highest BCUT2D eigenvalue weighted by Crippen LogP contribution is 2.24. The zero-order valence-electron chi connectivity index (χ0n) is 7.78. The first-order valence-corrected chi connectivity index (χ1v) is 4.23. The average Bonchev–Trinajstić information content (AvgIpc) is 2.66. The molecular formula is C10H5F2NO3. The number of halogens is 2. The molecule has 16 heavy (non-hydrogen) atoms. The lowest BCUT2D eigenvalue weighted by atomic mass is 10.2. The van der Waals surface area contributed by atoms with E-state index in [9.17, 15) is 13.6 Å². The Kier molecular flexibility index (Phi) is 2.40. The number of aromatic carboxylic acids is 1. The number of oxazole rings is 1. The van der Waals surface area contributed by atoms with Crippen molar-refractivity contribution < 1.29 is 23.1 Å². The Hall–Kier alpha value is -2.24. The summed E-state index contributed by atoms with van der Waals surface area (Å²) in [7, 11) is 0. The first-order valence-electron chi connectivity index (χ1n) is 4.23. The molecule has 4 nitrogen and oxygen atoms in total. The van der Waals surface area contributed by atoms with Crippen LogP contribution in [-0.4, -0.2) is 16.1 Å². The Bertz CT molecular complexity index is 530. The maximum atomic E-state index is 13.3. The van der Waals surface area contributed by atoms with Crippen molar-refractivity contribution in [3.8, 4) is 11.5 Å². The summed E-state index contributed by atoms with van der Waals surface area (Å²) < 4.78 is 31.2. The van der Waals surface area contributed by atoms with Gasteiger partial charge in [0.05, 0.1) is 0 Å². The molecule has 0 amide bonds. The van der Waals surface area contributed by atoms with Gasteiger partial charge in [0.25, 0.3) is 0 Å². The third-order valence-electron chi connectivity index (χ3n) is 1.90. The van der Waals surface area contributed by atoms with E-state index >= 15 is 0 Å². The summed E-state index contributed by atoms with van der Waals surface area (Å²) in [5, 5.41) is 8.57. The third kappa shape index (κ3) is 1.65. The third-order valence-corrected chi connectivity index (χ3v) is 1.90. The van der Waals surface area contributed by atoms with Gasteiger partial charge in [0.2, 0.25) is 5.89 Å². The van der Waals surface area contributed by atoms with Gasteiger partial charge in [0, 0.05) is 0 Å². The van der Waals surface area contributed by atoms with E-state index in [0.29, 0.717) is 0 Å². The largest absolute Gasteiger partial charge is 0.476 e. The number of hydrogen-bond donors (Lipinski definition) is 1. The van der Waals surface area contributed by atoms with Gasteiger partial charge in [-0.1, -0.05) is 6.07 Å². The predicted molar refractivity (Wildman–Crippen MR) is 48.8 cm³/mol. The topological polar surface area (TPSA) is 63.3 Å².